The summed E-state index contributed by atoms with van der Waals surface area (Å²) in [6.45, 7) is 3.44. The van der Waals surface area contributed by atoms with Gasteiger partial charge in [0.2, 0.25) is 0 Å². The minimum absolute atomic E-state index is 0.740. The third-order valence-electron chi connectivity index (χ3n) is 5.00. The molecule has 1 saturated heterocycles. The van der Waals surface area contributed by atoms with E-state index in [1.54, 1.807) is 6.20 Å². The van der Waals surface area contributed by atoms with Crippen LogP contribution in [-0.4, -0.2) is 40.7 Å². The lowest BCUT2D eigenvalue weighted by Gasteiger charge is -2.28. The molecule has 1 N–H and O–H groups in total. The summed E-state index contributed by atoms with van der Waals surface area (Å²) in [4.78, 5) is 11.5. The monoisotopic (exact) mass is 371 g/mol. The fraction of sp³-hybridized carbons (Fsp3) is 0.182. The first kappa shape index (κ1) is 16.8. The minimum atomic E-state index is 0.740. The van der Waals surface area contributed by atoms with Crippen LogP contribution >= 0.6 is 0 Å². The molecule has 0 radical (unpaired) electrons. The molecule has 0 unspecified atom stereocenters. The maximum atomic E-state index is 5.43. The highest BCUT2D eigenvalue weighted by Crippen LogP contribution is 2.26. The van der Waals surface area contributed by atoms with Crippen LogP contribution in [0.15, 0.2) is 73.2 Å². The molecule has 0 bridgehead atoms. The van der Waals surface area contributed by atoms with Crippen molar-refractivity contribution in [3.63, 3.8) is 0 Å². The molecule has 0 aliphatic carbocycles. The van der Waals surface area contributed by atoms with E-state index in [0.717, 1.165) is 54.7 Å². The van der Waals surface area contributed by atoms with Gasteiger partial charge in [-0.15, -0.1) is 0 Å². The molecule has 6 heteroatoms. The maximum absolute atomic E-state index is 5.43. The van der Waals surface area contributed by atoms with E-state index in [4.69, 9.17) is 4.74 Å². The standard InChI is InChI=1S/C22H21N5O/c1-2-4-17(5-3-1)20-16-24-21(22-23-10-11-27(20)22)25-18-6-8-19(9-7-18)26-12-14-28-15-13-26/h1-11,16H,12-15H2,(H,24,25). The first-order chi connectivity index (χ1) is 13.9. The van der Waals surface area contributed by atoms with E-state index in [2.05, 4.69) is 61.0 Å². The number of aromatic nitrogens is 3. The van der Waals surface area contributed by atoms with Crippen LogP contribution in [-0.2, 0) is 4.74 Å². The van der Waals surface area contributed by atoms with Crippen molar-refractivity contribution >= 4 is 22.8 Å². The smallest absolute Gasteiger partial charge is 0.180 e. The lowest BCUT2D eigenvalue weighted by atomic mass is 10.1. The summed E-state index contributed by atoms with van der Waals surface area (Å²) in [7, 11) is 0. The molecule has 28 heavy (non-hydrogen) atoms. The van der Waals surface area contributed by atoms with E-state index in [-0.39, 0.29) is 0 Å². The summed E-state index contributed by atoms with van der Waals surface area (Å²) in [5.74, 6) is 0.740. The fourth-order valence-corrected chi connectivity index (χ4v) is 3.54. The number of morpholine rings is 1. The van der Waals surface area contributed by atoms with Gasteiger partial charge in [0.25, 0.3) is 0 Å². The van der Waals surface area contributed by atoms with Gasteiger partial charge in [-0.2, -0.15) is 0 Å². The van der Waals surface area contributed by atoms with Crippen LogP contribution in [0, 0.1) is 0 Å². The highest BCUT2D eigenvalue weighted by molar-refractivity contribution is 5.74. The topological polar surface area (TPSA) is 54.7 Å². The number of fused-ring (bicyclic) bond motifs is 1. The Kier molecular flexibility index (Phi) is 4.39. The number of rotatable bonds is 4. The zero-order chi connectivity index (χ0) is 18.8. The molecule has 1 fully saturated rings. The molecule has 2 aromatic carbocycles. The molecule has 1 aliphatic heterocycles. The summed E-state index contributed by atoms with van der Waals surface area (Å²) in [5, 5.41) is 3.40. The maximum Gasteiger partial charge on any atom is 0.180 e. The second-order valence-electron chi connectivity index (χ2n) is 6.75. The first-order valence-electron chi connectivity index (χ1n) is 9.46. The zero-order valence-electron chi connectivity index (χ0n) is 15.5. The Morgan fingerprint density at radius 2 is 1.68 bits per heavy atom. The molecule has 1 aliphatic rings. The van der Waals surface area contributed by atoms with Gasteiger partial charge in [-0.25, -0.2) is 9.97 Å². The van der Waals surface area contributed by atoms with E-state index in [0.29, 0.717) is 0 Å². The lowest BCUT2D eigenvalue weighted by Crippen LogP contribution is -2.36. The van der Waals surface area contributed by atoms with Crippen molar-refractivity contribution in [3.05, 3.63) is 73.2 Å². The third kappa shape index (κ3) is 3.18. The highest BCUT2D eigenvalue weighted by atomic mass is 16.5. The quantitative estimate of drug-likeness (QED) is 0.588. The summed E-state index contributed by atoms with van der Waals surface area (Å²) >= 11 is 0. The van der Waals surface area contributed by atoms with E-state index >= 15 is 0 Å². The normalized spacial score (nSPS) is 14.4. The summed E-state index contributed by atoms with van der Waals surface area (Å²) in [5.41, 5.74) is 5.13. The summed E-state index contributed by atoms with van der Waals surface area (Å²) in [6.07, 6.45) is 5.65. The number of ether oxygens (including phenoxy) is 1. The SMILES string of the molecule is c1ccc(-c2cnc(Nc3ccc(N4CCOCC4)cc3)c3nccn23)cc1. The Morgan fingerprint density at radius 1 is 0.893 bits per heavy atom. The molecular formula is C22H21N5O. The number of nitrogens with zero attached hydrogens (tertiary/aromatic N) is 4. The average molecular weight is 371 g/mol. The molecule has 2 aromatic heterocycles. The van der Waals surface area contributed by atoms with Gasteiger partial charge in [0.15, 0.2) is 11.5 Å². The van der Waals surface area contributed by atoms with Crippen molar-refractivity contribution in [1.29, 1.82) is 0 Å². The van der Waals surface area contributed by atoms with Crippen LogP contribution in [0.3, 0.4) is 0 Å². The Bertz CT molecular complexity index is 1070. The van der Waals surface area contributed by atoms with Crippen molar-refractivity contribution < 1.29 is 4.74 Å². The van der Waals surface area contributed by atoms with Gasteiger partial charge in [-0.3, -0.25) is 4.40 Å². The number of hydrogen-bond acceptors (Lipinski definition) is 5. The summed E-state index contributed by atoms with van der Waals surface area (Å²) < 4.78 is 7.49. The number of hydrogen-bond donors (Lipinski definition) is 1. The van der Waals surface area contributed by atoms with Gasteiger partial charge in [0.1, 0.15) is 0 Å². The van der Waals surface area contributed by atoms with Crippen LogP contribution < -0.4 is 10.2 Å². The fourth-order valence-electron chi connectivity index (χ4n) is 3.54. The van der Waals surface area contributed by atoms with Crippen molar-refractivity contribution in [1.82, 2.24) is 14.4 Å². The largest absolute Gasteiger partial charge is 0.378 e. The van der Waals surface area contributed by atoms with Crippen LogP contribution in [0.1, 0.15) is 0 Å². The van der Waals surface area contributed by atoms with Gasteiger partial charge in [-0.05, 0) is 24.3 Å². The van der Waals surface area contributed by atoms with Crippen LogP contribution in [0.4, 0.5) is 17.2 Å². The molecule has 0 atom stereocenters. The number of imidazole rings is 1. The number of anilines is 3. The Labute approximate surface area is 163 Å². The van der Waals surface area contributed by atoms with Crippen LogP contribution in [0.25, 0.3) is 16.9 Å². The molecular weight excluding hydrogens is 350 g/mol. The molecule has 6 nitrogen and oxygen atoms in total. The van der Waals surface area contributed by atoms with Gasteiger partial charge >= 0.3 is 0 Å². The molecule has 0 saturated carbocycles. The summed E-state index contributed by atoms with van der Waals surface area (Å²) in [6, 6.07) is 18.7. The molecule has 5 rings (SSSR count). The van der Waals surface area contributed by atoms with Crippen LogP contribution in [0.2, 0.25) is 0 Å². The van der Waals surface area contributed by atoms with E-state index < -0.39 is 0 Å². The van der Waals surface area contributed by atoms with E-state index in [1.165, 1.54) is 5.69 Å². The van der Waals surface area contributed by atoms with Crippen LogP contribution in [0.5, 0.6) is 0 Å². The predicted molar refractivity (Wildman–Crippen MR) is 111 cm³/mol. The number of nitrogens with one attached hydrogen (secondary N) is 1. The molecule has 4 aromatic rings. The van der Waals surface area contributed by atoms with Gasteiger partial charge < -0.3 is 15.0 Å². The van der Waals surface area contributed by atoms with Crippen molar-refractivity contribution in [3.8, 4) is 11.3 Å². The Balaban J connectivity index is 1.42. The van der Waals surface area contributed by atoms with Crippen molar-refractivity contribution in [2.24, 2.45) is 0 Å². The van der Waals surface area contributed by atoms with Gasteiger partial charge in [0.05, 0.1) is 25.1 Å². The minimum Gasteiger partial charge on any atom is -0.378 e. The van der Waals surface area contributed by atoms with Crippen molar-refractivity contribution in [2.45, 2.75) is 0 Å². The second kappa shape index (κ2) is 7.32. The molecule has 140 valence electrons. The van der Waals surface area contributed by atoms with E-state index in [1.807, 2.05) is 30.6 Å². The average Bonchev–Trinajstić information content (AvgIpc) is 3.26. The number of benzene rings is 2. The van der Waals surface area contributed by atoms with E-state index in [9.17, 15) is 0 Å². The highest BCUT2D eigenvalue weighted by Gasteiger charge is 2.12. The van der Waals surface area contributed by atoms with Crippen molar-refractivity contribution in [2.75, 3.05) is 36.5 Å². The van der Waals surface area contributed by atoms with Gasteiger partial charge in [0, 0.05) is 42.4 Å². The zero-order valence-corrected chi connectivity index (χ0v) is 15.5. The lowest BCUT2D eigenvalue weighted by molar-refractivity contribution is 0.122. The van der Waals surface area contributed by atoms with Gasteiger partial charge in [-0.1, -0.05) is 30.3 Å². The Morgan fingerprint density at radius 3 is 2.46 bits per heavy atom. The second-order valence-corrected chi connectivity index (χ2v) is 6.75. The Hall–Kier alpha value is -3.38. The third-order valence-corrected chi connectivity index (χ3v) is 5.00. The first-order valence-corrected chi connectivity index (χ1v) is 9.46. The predicted octanol–water partition coefficient (Wildman–Crippen LogP) is 3.98. The molecule has 0 amide bonds. The molecule has 0 spiro atoms. The molecule has 3 heterocycles.